The molecule has 112 valence electrons. The maximum Gasteiger partial charge on any atom is 0.238 e. The summed E-state index contributed by atoms with van der Waals surface area (Å²) in [6.07, 6.45) is 6.16. The van der Waals surface area contributed by atoms with E-state index in [-0.39, 0.29) is 4.90 Å². The van der Waals surface area contributed by atoms with Crippen molar-refractivity contribution in [2.24, 2.45) is 11.1 Å². The fraction of sp³-hybridized carbons (Fsp3) is 0.571. The molecule has 0 aliphatic heterocycles. The van der Waals surface area contributed by atoms with Gasteiger partial charge in [0, 0.05) is 16.2 Å². The number of primary sulfonamides is 1. The van der Waals surface area contributed by atoms with Crippen molar-refractivity contribution >= 4 is 31.6 Å². The van der Waals surface area contributed by atoms with E-state index in [1.54, 1.807) is 18.2 Å². The number of hydrogen-bond donors (Lipinski definition) is 2. The highest BCUT2D eigenvalue weighted by atomic mass is 79.9. The Morgan fingerprint density at radius 3 is 2.65 bits per heavy atom. The van der Waals surface area contributed by atoms with Crippen LogP contribution in [0.5, 0.6) is 0 Å². The summed E-state index contributed by atoms with van der Waals surface area (Å²) in [4.78, 5) is 0.130. The molecule has 0 amide bonds. The van der Waals surface area contributed by atoms with Crippen LogP contribution in [0.25, 0.3) is 0 Å². The van der Waals surface area contributed by atoms with Crippen LogP contribution in [0.3, 0.4) is 0 Å². The molecule has 0 aromatic heterocycles. The standard InChI is InChI=1S/C14H21BrN2O2S/c1-2-10-5-3-4-6-13(10)17-14-8-7-11(9-12(14)15)20(16,18)19/h7-10,13,17H,2-6H2,1H3,(H2,16,18,19). The quantitative estimate of drug-likeness (QED) is 0.863. The van der Waals surface area contributed by atoms with Gasteiger partial charge in [-0.05, 0) is 52.9 Å². The molecule has 1 aliphatic carbocycles. The van der Waals surface area contributed by atoms with Gasteiger partial charge in [0.15, 0.2) is 0 Å². The van der Waals surface area contributed by atoms with Gasteiger partial charge < -0.3 is 5.32 Å². The molecule has 1 aromatic carbocycles. The van der Waals surface area contributed by atoms with Crippen LogP contribution in [0.4, 0.5) is 5.69 Å². The lowest BCUT2D eigenvalue weighted by Crippen LogP contribution is -2.31. The SMILES string of the molecule is CCC1CCCCC1Nc1ccc(S(N)(=O)=O)cc1Br. The van der Waals surface area contributed by atoms with E-state index < -0.39 is 10.0 Å². The lowest BCUT2D eigenvalue weighted by atomic mass is 9.83. The van der Waals surface area contributed by atoms with Crippen LogP contribution < -0.4 is 10.5 Å². The van der Waals surface area contributed by atoms with Crippen molar-refractivity contribution in [1.29, 1.82) is 0 Å². The van der Waals surface area contributed by atoms with E-state index in [9.17, 15) is 8.42 Å². The molecule has 1 saturated carbocycles. The van der Waals surface area contributed by atoms with Crippen molar-refractivity contribution in [3.05, 3.63) is 22.7 Å². The van der Waals surface area contributed by atoms with Gasteiger partial charge in [0.05, 0.1) is 4.90 Å². The lowest BCUT2D eigenvalue weighted by molar-refractivity contribution is 0.317. The molecule has 2 unspecified atom stereocenters. The highest BCUT2D eigenvalue weighted by molar-refractivity contribution is 9.10. The van der Waals surface area contributed by atoms with Crippen LogP contribution in [-0.2, 0) is 10.0 Å². The minimum atomic E-state index is -3.65. The average Bonchev–Trinajstić information content (AvgIpc) is 2.40. The van der Waals surface area contributed by atoms with Gasteiger partial charge in [-0.1, -0.05) is 26.2 Å². The monoisotopic (exact) mass is 360 g/mol. The third-order valence-electron chi connectivity index (χ3n) is 4.04. The van der Waals surface area contributed by atoms with E-state index in [0.29, 0.717) is 12.0 Å². The molecule has 2 atom stereocenters. The lowest BCUT2D eigenvalue weighted by Gasteiger charge is -2.32. The number of rotatable bonds is 4. The number of nitrogens with one attached hydrogen (secondary N) is 1. The summed E-state index contributed by atoms with van der Waals surface area (Å²) < 4.78 is 23.4. The maximum absolute atomic E-state index is 11.3. The number of sulfonamides is 1. The predicted molar refractivity (Wildman–Crippen MR) is 85.2 cm³/mol. The first-order chi connectivity index (χ1) is 9.41. The van der Waals surface area contributed by atoms with Gasteiger partial charge >= 0.3 is 0 Å². The van der Waals surface area contributed by atoms with Crippen molar-refractivity contribution in [3.8, 4) is 0 Å². The van der Waals surface area contributed by atoms with E-state index in [4.69, 9.17) is 5.14 Å². The summed E-state index contributed by atoms with van der Waals surface area (Å²) in [6.45, 7) is 2.23. The van der Waals surface area contributed by atoms with Crippen molar-refractivity contribution in [2.75, 3.05) is 5.32 Å². The molecule has 0 spiro atoms. The Morgan fingerprint density at radius 1 is 1.35 bits per heavy atom. The maximum atomic E-state index is 11.3. The smallest absolute Gasteiger partial charge is 0.238 e. The van der Waals surface area contributed by atoms with Gasteiger partial charge in [0.1, 0.15) is 0 Å². The highest BCUT2D eigenvalue weighted by Crippen LogP contribution is 2.32. The fourth-order valence-electron chi connectivity index (χ4n) is 2.88. The van der Waals surface area contributed by atoms with Crippen LogP contribution in [0, 0.1) is 5.92 Å². The van der Waals surface area contributed by atoms with Gasteiger partial charge in [-0.2, -0.15) is 0 Å². The summed E-state index contributed by atoms with van der Waals surface area (Å²) in [7, 11) is -3.65. The molecule has 0 saturated heterocycles. The van der Waals surface area contributed by atoms with Crippen molar-refractivity contribution in [2.45, 2.75) is 50.0 Å². The molecular formula is C14H21BrN2O2S. The summed E-state index contributed by atoms with van der Waals surface area (Å²) >= 11 is 3.43. The largest absolute Gasteiger partial charge is 0.381 e. The topological polar surface area (TPSA) is 72.2 Å². The van der Waals surface area contributed by atoms with Crippen molar-refractivity contribution in [3.63, 3.8) is 0 Å². The molecule has 3 N–H and O–H groups in total. The molecule has 2 rings (SSSR count). The molecule has 1 aromatic rings. The van der Waals surface area contributed by atoms with Crippen LogP contribution >= 0.6 is 15.9 Å². The molecule has 6 heteroatoms. The molecule has 1 fully saturated rings. The normalized spacial score (nSPS) is 23.6. The molecule has 0 bridgehead atoms. The Morgan fingerprint density at radius 2 is 2.05 bits per heavy atom. The molecule has 20 heavy (non-hydrogen) atoms. The summed E-state index contributed by atoms with van der Waals surface area (Å²) in [5, 5.41) is 8.68. The fourth-order valence-corrected chi connectivity index (χ4v) is 4.06. The van der Waals surface area contributed by atoms with E-state index in [2.05, 4.69) is 28.2 Å². The van der Waals surface area contributed by atoms with Gasteiger partial charge in [-0.15, -0.1) is 0 Å². The molecule has 0 heterocycles. The van der Waals surface area contributed by atoms with E-state index in [1.165, 1.54) is 32.1 Å². The first kappa shape index (κ1) is 15.8. The van der Waals surface area contributed by atoms with Gasteiger partial charge in [-0.25, -0.2) is 13.6 Å². The van der Waals surface area contributed by atoms with Crippen LogP contribution in [-0.4, -0.2) is 14.5 Å². The zero-order valence-corrected chi connectivity index (χ0v) is 14.0. The predicted octanol–water partition coefficient (Wildman–Crippen LogP) is 3.48. The minimum absolute atomic E-state index is 0.130. The first-order valence-corrected chi connectivity index (χ1v) is 9.34. The summed E-state index contributed by atoms with van der Waals surface area (Å²) in [5.74, 6) is 0.688. The molecule has 0 radical (unpaired) electrons. The number of halogens is 1. The second-order valence-electron chi connectivity index (χ2n) is 5.39. The Hall–Kier alpha value is -0.590. The Bertz CT molecular complexity index is 575. The van der Waals surface area contributed by atoms with Gasteiger partial charge in [0.2, 0.25) is 10.0 Å². The summed E-state index contributed by atoms with van der Waals surface area (Å²) in [5.41, 5.74) is 0.933. The molecular weight excluding hydrogens is 340 g/mol. The number of hydrogen-bond acceptors (Lipinski definition) is 3. The Labute approximate surface area is 129 Å². The number of benzene rings is 1. The zero-order chi connectivity index (χ0) is 14.8. The van der Waals surface area contributed by atoms with Crippen LogP contribution in [0.15, 0.2) is 27.6 Å². The summed E-state index contributed by atoms with van der Waals surface area (Å²) in [6, 6.07) is 5.35. The average molecular weight is 361 g/mol. The zero-order valence-electron chi connectivity index (χ0n) is 11.6. The third kappa shape index (κ3) is 3.74. The first-order valence-electron chi connectivity index (χ1n) is 7.00. The van der Waals surface area contributed by atoms with Crippen LogP contribution in [0.2, 0.25) is 0 Å². The van der Waals surface area contributed by atoms with E-state index in [1.807, 2.05) is 0 Å². The molecule has 1 aliphatic rings. The number of nitrogens with two attached hydrogens (primary N) is 1. The Kier molecular flexibility index (Phi) is 5.09. The molecule has 4 nitrogen and oxygen atoms in total. The van der Waals surface area contributed by atoms with Crippen molar-refractivity contribution < 1.29 is 8.42 Å². The minimum Gasteiger partial charge on any atom is -0.381 e. The Balaban J connectivity index is 2.17. The van der Waals surface area contributed by atoms with E-state index in [0.717, 1.165) is 10.2 Å². The van der Waals surface area contributed by atoms with E-state index >= 15 is 0 Å². The highest BCUT2D eigenvalue weighted by Gasteiger charge is 2.24. The number of anilines is 1. The van der Waals surface area contributed by atoms with Crippen molar-refractivity contribution in [1.82, 2.24) is 0 Å². The van der Waals surface area contributed by atoms with Gasteiger partial charge in [-0.3, -0.25) is 0 Å². The second kappa shape index (κ2) is 6.45. The third-order valence-corrected chi connectivity index (χ3v) is 5.61. The van der Waals surface area contributed by atoms with Gasteiger partial charge in [0.25, 0.3) is 0 Å². The second-order valence-corrected chi connectivity index (χ2v) is 7.81. The van der Waals surface area contributed by atoms with Crippen LogP contribution in [0.1, 0.15) is 39.0 Å².